The fourth-order valence-electron chi connectivity index (χ4n) is 2.78. The van der Waals surface area contributed by atoms with Gasteiger partial charge in [0.05, 0.1) is 4.90 Å². The molecule has 120 valence electrons. The van der Waals surface area contributed by atoms with Crippen LogP contribution in [0.5, 0.6) is 0 Å². The van der Waals surface area contributed by atoms with Gasteiger partial charge in [-0.3, -0.25) is 10.0 Å². The lowest BCUT2D eigenvalue weighted by atomic mass is 9.95. The number of benzene rings is 2. The Kier molecular flexibility index (Phi) is 4.16. The molecule has 6 nitrogen and oxygen atoms in total. The van der Waals surface area contributed by atoms with Gasteiger partial charge in [0.2, 0.25) is 10.0 Å². The molecular weight excluding hydrogens is 316 g/mol. The van der Waals surface area contributed by atoms with Gasteiger partial charge in [-0.1, -0.05) is 42.5 Å². The molecule has 0 aromatic heterocycles. The molecule has 0 saturated carbocycles. The van der Waals surface area contributed by atoms with Crippen LogP contribution in [0.3, 0.4) is 0 Å². The molecule has 1 atom stereocenters. The Morgan fingerprint density at radius 1 is 1.04 bits per heavy atom. The van der Waals surface area contributed by atoms with Gasteiger partial charge in [0.25, 0.3) is 5.91 Å². The maximum Gasteiger partial charge on any atom is 0.262 e. The molecule has 1 heterocycles. The molecule has 2 aromatic carbocycles. The smallest absolute Gasteiger partial charge is 0.262 e. The lowest BCUT2D eigenvalue weighted by Gasteiger charge is -2.34. The molecule has 0 unspecified atom stereocenters. The maximum atomic E-state index is 12.9. The highest BCUT2D eigenvalue weighted by Gasteiger charge is 2.39. The maximum absolute atomic E-state index is 12.9. The number of rotatable bonds is 3. The van der Waals surface area contributed by atoms with Crippen LogP contribution in [0.1, 0.15) is 11.1 Å². The van der Waals surface area contributed by atoms with E-state index in [-0.39, 0.29) is 17.9 Å². The second-order valence-electron chi connectivity index (χ2n) is 5.33. The van der Waals surface area contributed by atoms with E-state index in [0.717, 1.165) is 15.4 Å². The van der Waals surface area contributed by atoms with Crippen LogP contribution in [0, 0.1) is 0 Å². The van der Waals surface area contributed by atoms with Gasteiger partial charge in [0.1, 0.15) is 6.04 Å². The highest BCUT2D eigenvalue weighted by atomic mass is 32.2. The molecule has 1 aliphatic rings. The first-order chi connectivity index (χ1) is 11.0. The number of carbonyl (C=O) groups excluding carboxylic acids is 1. The zero-order chi connectivity index (χ0) is 16.4. The van der Waals surface area contributed by atoms with E-state index in [4.69, 9.17) is 5.21 Å². The number of amides is 1. The van der Waals surface area contributed by atoms with Crippen molar-refractivity contribution in [3.63, 3.8) is 0 Å². The molecule has 0 bridgehead atoms. The van der Waals surface area contributed by atoms with Crippen LogP contribution in [0.15, 0.2) is 59.5 Å². The van der Waals surface area contributed by atoms with Gasteiger partial charge >= 0.3 is 0 Å². The van der Waals surface area contributed by atoms with Gasteiger partial charge in [-0.2, -0.15) is 4.31 Å². The second-order valence-corrected chi connectivity index (χ2v) is 7.22. The van der Waals surface area contributed by atoms with E-state index in [1.807, 2.05) is 24.3 Å². The first kappa shape index (κ1) is 15.7. The van der Waals surface area contributed by atoms with E-state index < -0.39 is 22.0 Å². The van der Waals surface area contributed by atoms with Gasteiger partial charge in [0, 0.05) is 6.54 Å². The Labute approximate surface area is 134 Å². The average Bonchev–Trinajstić information content (AvgIpc) is 2.60. The van der Waals surface area contributed by atoms with Gasteiger partial charge in [-0.15, -0.1) is 0 Å². The van der Waals surface area contributed by atoms with E-state index in [0.29, 0.717) is 0 Å². The number of hydrogen-bond acceptors (Lipinski definition) is 4. The largest absolute Gasteiger partial charge is 0.289 e. The van der Waals surface area contributed by atoms with Crippen LogP contribution in [0.4, 0.5) is 0 Å². The monoisotopic (exact) mass is 332 g/mol. The van der Waals surface area contributed by atoms with Crippen molar-refractivity contribution in [3.8, 4) is 0 Å². The van der Waals surface area contributed by atoms with Gasteiger partial charge in [-0.05, 0) is 29.7 Å². The van der Waals surface area contributed by atoms with Crippen LogP contribution in [0.2, 0.25) is 0 Å². The fourth-order valence-corrected chi connectivity index (χ4v) is 4.36. The number of fused-ring (bicyclic) bond motifs is 1. The predicted molar refractivity (Wildman–Crippen MR) is 83.0 cm³/mol. The molecular formula is C16H16N2O4S. The van der Waals surface area contributed by atoms with Crippen LogP contribution in [-0.2, 0) is 27.8 Å². The summed E-state index contributed by atoms with van der Waals surface area (Å²) in [7, 11) is -3.85. The first-order valence-electron chi connectivity index (χ1n) is 7.11. The summed E-state index contributed by atoms with van der Waals surface area (Å²) in [6.45, 7) is 0.0888. The quantitative estimate of drug-likeness (QED) is 0.655. The van der Waals surface area contributed by atoms with Crippen molar-refractivity contribution >= 4 is 15.9 Å². The average molecular weight is 332 g/mol. The van der Waals surface area contributed by atoms with Gasteiger partial charge in [-0.25, -0.2) is 13.9 Å². The molecule has 1 aliphatic heterocycles. The summed E-state index contributed by atoms with van der Waals surface area (Å²) in [6, 6.07) is 14.4. The van der Waals surface area contributed by atoms with Crippen LogP contribution >= 0.6 is 0 Å². The Morgan fingerprint density at radius 3 is 2.30 bits per heavy atom. The number of carbonyl (C=O) groups is 1. The molecule has 7 heteroatoms. The van der Waals surface area contributed by atoms with Crippen molar-refractivity contribution < 1.29 is 18.4 Å². The number of hydrogen-bond donors (Lipinski definition) is 2. The van der Waals surface area contributed by atoms with Crippen molar-refractivity contribution in [1.82, 2.24) is 9.79 Å². The standard InChI is InChI=1S/C16H16N2O4S/c19-16(17-20)15-10-12-6-4-5-7-13(12)11-18(15)23(21,22)14-8-2-1-3-9-14/h1-9,15,20H,10-11H2,(H,17,19)/t15-/m1/s1. The van der Waals surface area contributed by atoms with Crippen LogP contribution < -0.4 is 5.48 Å². The fraction of sp³-hybridized carbons (Fsp3) is 0.188. The van der Waals surface area contributed by atoms with Crippen molar-refractivity contribution in [2.24, 2.45) is 0 Å². The summed E-state index contributed by atoms with van der Waals surface area (Å²) in [5, 5.41) is 8.97. The minimum Gasteiger partial charge on any atom is -0.289 e. The van der Waals surface area contributed by atoms with Gasteiger partial charge in [0.15, 0.2) is 0 Å². The number of nitrogens with zero attached hydrogens (tertiary/aromatic N) is 1. The zero-order valence-corrected chi connectivity index (χ0v) is 13.0. The Morgan fingerprint density at radius 2 is 1.65 bits per heavy atom. The minimum absolute atomic E-state index is 0.0888. The first-order valence-corrected chi connectivity index (χ1v) is 8.55. The summed E-state index contributed by atoms with van der Waals surface area (Å²) < 4.78 is 26.9. The van der Waals surface area contributed by atoms with Crippen molar-refractivity contribution in [2.45, 2.75) is 23.9 Å². The summed E-state index contributed by atoms with van der Waals surface area (Å²) >= 11 is 0. The molecule has 0 saturated heterocycles. The third kappa shape index (κ3) is 2.86. The molecule has 2 N–H and O–H groups in total. The second kappa shape index (κ2) is 6.11. The van der Waals surface area contributed by atoms with Crippen LogP contribution in [0.25, 0.3) is 0 Å². The number of nitrogens with one attached hydrogen (secondary N) is 1. The summed E-state index contributed by atoms with van der Waals surface area (Å²) in [5.41, 5.74) is 3.33. The lowest BCUT2D eigenvalue weighted by molar-refractivity contribution is -0.133. The predicted octanol–water partition coefficient (Wildman–Crippen LogP) is 1.31. The Balaban J connectivity index is 2.06. The summed E-state index contributed by atoms with van der Waals surface area (Å²) in [4.78, 5) is 12.1. The number of hydroxylamine groups is 1. The van der Waals surface area contributed by atoms with E-state index in [1.54, 1.807) is 23.7 Å². The Hall–Kier alpha value is -2.22. The van der Waals surface area contributed by atoms with Crippen LogP contribution in [-0.4, -0.2) is 29.9 Å². The van der Waals surface area contributed by atoms with Crippen molar-refractivity contribution in [1.29, 1.82) is 0 Å². The van der Waals surface area contributed by atoms with Gasteiger partial charge < -0.3 is 0 Å². The normalized spacial score (nSPS) is 18.2. The third-order valence-corrected chi connectivity index (χ3v) is 5.84. The van der Waals surface area contributed by atoms with E-state index in [2.05, 4.69) is 0 Å². The molecule has 0 spiro atoms. The van der Waals surface area contributed by atoms with Crippen molar-refractivity contribution in [3.05, 3.63) is 65.7 Å². The number of sulfonamides is 1. The molecule has 0 fully saturated rings. The highest BCUT2D eigenvalue weighted by molar-refractivity contribution is 7.89. The molecule has 0 radical (unpaired) electrons. The molecule has 23 heavy (non-hydrogen) atoms. The summed E-state index contributed by atoms with van der Waals surface area (Å²) in [6.07, 6.45) is 0.217. The highest BCUT2D eigenvalue weighted by Crippen LogP contribution is 2.29. The van der Waals surface area contributed by atoms with Crippen molar-refractivity contribution in [2.75, 3.05) is 0 Å². The lowest BCUT2D eigenvalue weighted by Crippen LogP contribution is -2.51. The third-order valence-electron chi connectivity index (χ3n) is 3.97. The molecule has 3 rings (SSSR count). The van der Waals surface area contributed by atoms with E-state index in [1.165, 1.54) is 12.1 Å². The summed E-state index contributed by atoms with van der Waals surface area (Å²) in [5.74, 6) is -0.737. The topological polar surface area (TPSA) is 86.7 Å². The Bertz CT molecular complexity index is 821. The SMILES string of the molecule is O=C(NO)[C@H]1Cc2ccccc2CN1S(=O)(=O)c1ccccc1. The van der Waals surface area contributed by atoms with E-state index >= 15 is 0 Å². The van der Waals surface area contributed by atoms with E-state index in [9.17, 15) is 13.2 Å². The zero-order valence-electron chi connectivity index (χ0n) is 12.2. The molecule has 2 aromatic rings. The minimum atomic E-state index is -3.85. The molecule has 0 aliphatic carbocycles. The molecule has 1 amide bonds.